The summed E-state index contributed by atoms with van der Waals surface area (Å²) in [6.07, 6.45) is 0. The Hall–Kier alpha value is -1.55. The first-order valence-electron chi connectivity index (χ1n) is 7.93. The maximum atomic E-state index is 12.3. The number of morpholine rings is 1. The fourth-order valence-corrected chi connectivity index (χ4v) is 2.59. The van der Waals surface area contributed by atoms with Crippen molar-refractivity contribution < 1.29 is 14.3 Å². The van der Waals surface area contributed by atoms with Gasteiger partial charge in [-0.05, 0) is 43.9 Å². The van der Waals surface area contributed by atoms with Gasteiger partial charge in [-0.2, -0.15) is 0 Å². The minimum Gasteiger partial charge on any atom is -0.483 e. The molecule has 0 unspecified atom stereocenters. The highest BCUT2D eigenvalue weighted by Gasteiger charge is 2.30. The van der Waals surface area contributed by atoms with E-state index in [0.29, 0.717) is 25.6 Å². The van der Waals surface area contributed by atoms with E-state index < -0.39 is 0 Å². The average molecular weight is 305 g/mol. The molecule has 2 rings (SSSR count). The van der Waals surface area contributed by atoms with Crippen molar-refractivity contribution in [2.24, 2.45) is 0 Å². The lowest BCUT2D eigenvalue weighted by Gasteiger charge is -2.38. The summed E-state index contributed by atoms with van der Waals surface area (Å²) in [5.74, 6) is 1.26. The van der Waals surface area contributed by atoms with Crippen LogP contribution in [0.5, 0.6) is 5.75 Å². The molecular formula is C18H27NO3. The van der Waals surface area contributed by atoms with Crippen LogP contribution < -0.4 is 4.74 Å². The van der Waals surface area contributed by atoms with Crippen molar-refractivity contribution in [3.8, 4) is 5.75 Å². The molecule has 0 aliphatic carbocycles. The summed E-state index contributed by atoms with van der Waals surface area (Å²) in [4.78, 5) is 14.2. The first-order chi connectivity index (χ1) is 10.3. The lowest BCUT2D eigenvalue weighted by atomic mass is 10.0. The Kier molecular flexibility index (Phi) is 5.12. The number of carbonyl (C=O) groups excluding carboxylic acids is 1. The summed E-state index contributed by atoms with van der Waals surface area (Å²) >= 11 is 0. The van der Waals surface area contributed by atoms with Crippen LogP contribution in [-0.2, 0) is 9.53 Å². The molecule has 1 fully saturated rings. The van der Waals surface area contributed by atoms with Crippen LogP contribution >= 0.6 is 0 Å². The van der Waals surface area contributed by atoms with E-state index in [1.165, 1.54) is 5.56 Å². The highest BCUT2D eigenvalue weighted by atomic mass is 16.5. The smallest absolute Gasteiger partial charge is 0.260 e. The molecule has 4 nitrogen and oxygen atoms in total. The van der Waals surface area contributed by atoms with Gasteiger partial charge in [0.05, 0.1) is 12.2 Å². The molecule has 122 valence electrons. The number of hydrogen-bond acceptors (Lipinski definition) is 3. The third kappa shape index (κ3) is 4.23. The summed E-state index contributed by atoms with van der Waals surface area (Å²) < 4.78 is 11.4. The summed E-state index contributed by atoms with van der Waals surface area (Å²) in [7, 11) is 0. The van der Waals surface area contributed by atoms with Gasteiger partial charge in [0.2, 0.25) is 0 Å². The lowest BCUT2D eigenvalue weighted by molar-refractivity contribution is -0.147. The predicted molar refractivity (Wildman–Crippen MR) is 87.4 cm³/mol. The van der Waals surface area contributed by atoms with E-state index in [1.807, 2.05) is 37.8 Å². The molecule has 0 aromatic heterocycles. The average Bonchev–Trinajstić information content (AvgIpc) is 2.44. The van der Waals surface area contributed by atoms with Crippen molar-refractivity contribution >= 4 is 5.91 Å². The number of hydrogen-bond donors (Lipinski definition) is 0. The van der Waals surface area contributed by atoms with Gasteiger partial charge in [0.25, 0.3) is 5.91 Å². The number of amides is 1. The second kappa shape index (κ2) is 6.69. The zero-order valence-corrected chi connectivity index (χ0v) is 14.3. The third-order valence-corrected chi connectivity index (χ3v) is 4.01. The Morgan fingerprint density at radius 3 is 2.77 bits per heavy atom. The third-order valence-electron chi connectivity index (χ3n) is 4.01. The molecule has 0 atom stereocenters. The van der Waals surface area contributed by atoms with Gasteiger partial charge in [0.15, 0.2) is 6.61 Å². The van der Waals surface area contributed by atoms with Gasteiger partial charge in [0, 0.05) is 13.1 Å². The van der Waals surface area contributed by atoms with Gasteiger partial charge >= 0.3 is 0 Å². The fourth-order valence-electron chi connectivity index (χ4n) is 2.59. The van der Waals surface area contributed by atoms with Crippen LogP contribution in [0, 0.1) is 6.92 Å². The van der Waals surface area contributed by atoms with Crippen molar-refractivity contribution in [1.82, 2.24) is 4.90 Å². The van der Waals surface area contributed by atoms with E-state index in [2.05, 4.69) is 19.9 Å². The van der Waals surface area contributed by atoms with Crippen molar-refractivity contribution in [2.45, 2.75) is 46.1 Å². The first-order valence-corrected chi connectivity index (χ1v) is 7.93. The number of aryl methyl sites for hydroxylation is 1. The second-order valence-corrected chi connectivity index (χ2v) is 6.89. The number of carbonyl (C=O) groups is 1. The van der Waals surface area contributed by atoms with Crippen molar-refractivity contribution in [3.05, 3.63) is 29.3 Å². The Bertz CT molecular complexity index is 537. The van der Waals surface area contributed by atoms with Crippen molar-refractivity contribution in [3.63, 3.8) is 0 Å². The van der Waals surface area contributed by atoms with E-state index >= 15 is 0 Å². The first kappa shape index (κ1) is 16.8. The van der Waals surface area contributed by atoms with Gasteiger partial charge in [-0.3, -0.25) is 4.79 Å². The summed E-state index contributed by atoms with van der Waals surface area (Å²) in [5.41, 5.74) is 2.00. The van der Waals surface area contributed by atoms with Crippen LogP contribution in [-0.4, -0.2) is 42.7 Å². The summed E-state index contributed by atoms with van der Waals surface area (Å²) in [5, 5.41) is 0. The quantitative estimate of drug-likeness (QED) is 0.858. The second-order valence-electron chi connectivity index (χ2n) is 6.89. The van der Waals surface area contributed by atoms with Gasteiger partial charge in [-0.15, -0.1) is 0 Å². The number of nitrogens with zero attached hydrogens (tertiary/aromatic N) is 1. The number of benzene rings is 1. The van der Waals surface area contributed by atoms with Gasteiger partial charge in [-0.25, -0.2) is 0 Å². The molecule has 0 radical (unpaired) electrons. The van der Waals surface area contributed by atoms with Crippen molar-refractivity contribution in [1.29, 1.82) is 0 Å². The van der Waals surface area contributed by atoms with E-state index in [1.54, 1.807) is 0 Å². The standard InChI is InChI=1S/C18H27NO3/c1-13(2)15-7-6-14(3)16(10-15)21-11-17(20)19-8-9-22-18(4,5)12-19/h6-7,10,13H,8-9,11-12H2,1-5H3. The molecule has 1 aromatic rings. The molecule has 1 saturated heterocycles. The van der Waals surface area contributed by atoms with Crippen LogP contribution in [0.3, 0.4) is 0 Å². The Morgan fingerprint density at radius 1 is 1.41 bits per heavy atom. The zero-order valence-electron chi connectivity index (χ0n) is 14.3. The Labute approximate surface area is 133 Å². The van der Waals surface area contributed by atoms with Gasteiger partial charge in [-0.1, -0.05) is 26.0 Å². The van der Waals surface area contributed by atoms with E-state index in [9.17, 15) is 4.79 Å². The van der Waals surface area contributed by atoms with Crippen LogP contribution in [0.2, 0.25) is 0 Å². The minimum absolute atomic E-state index is 0.0192. The molecule has 1 aliphatic rings. The molecule has 22 heavy (non-hydrogen) atoms. The van der Waals surface area contributed by atoms with Gasteiger partial charge < -0.3 is 14.4 Å². The molecular weight excluding hydrogens is 278 g/mol. The van der Waals surface area contributed by atoms with E-state index in [0.717, 1.165) is 11.3 Å². The molecule has 0 bridgehead atoms. The molecule has 1 aromatic carbocycles. The van der Waals surface area contributed by atoms with Crippen LogP contribution in [0.4, 0.5) is 0 Å². The highest BCUT2D eigenvalue weighted by molar-refractivity contribution is 5.78. The Morgan fingerprint density at radius 2 is 2.14 bits per heavy atom. The number of rotatable bonds is 4. The molecule has 0 saturated carbocycles. The van der Waals surface area contributed by atoms with E-state index in [4.69, 9.17) is 9.47 Å². The maximum absolute atomic E-state index is 12.3. The highest BCUT2D eigenvalue weighted by Crippen LogP contribution is 2.24. The molecule has 0 N–H and O–H groups in total. The lowest BCUT2D eigenvalue weighted by Crippen LogP contribution is -2.51. The normalized spacial score (nSPS) is 17.6. The van der Waals surface area contributed by atoms with Crippen molar-refractivity contribution in [2.75, 3.05) is 26.3 Å². The zero-order chi connectivity index (χ0) is 16.3. The predicted octanol–water partition coefficient (Wildman–Crippen LogP) is 3.13. The number of ether oxygens (including phenoxy) is 2. The van der Waals surface area contributed by atoms with Crippen LogP contribution in [0.15, 0.2) is 18.2 Å². The van der Waals surface area contributed by atoms with E-state index in [-0.39, 0.29) is 18.1 Å². The topological polar surface area (TPSA) is 38.8 Å². The minimum atomic E-state index is -0.276. The fraction of sp³-hybridized carbons (Fsp3) is 0.611. The van der Waals surface area contributed by atoms with Gasteiger partial charge in [0.1, 0.15) is 5.75 Å². The maximum Gasteiger partial charge on any atom is 0.260 e. The molecule has 1 heterocycles. The Balaban J connectivity index is 1.98. The summed E-state index contributed by atoms with van der Waals surface area (Å²) in [6.45, 7) is 12.2. The largest absolute Gasteiger partial charge is 0.483 e. The van der Waals surface area contributed by atoms with Crippen LogP contribution in [0.1, 0.15) is 44.7 Å². The monoisotopic (exact) mass is 305 g/mol. The molecule has 1 amide bonds. The summed E-state index contributed by atoms with van der Waals surface area (Å²) in [6, 6.07) is 6.20. The SMILES string of the molecule is Cc1ccc(C(C)C)cc1OCC(=O)N1CCOC(C)(C)C1. The van der Waals surface area contributed by atoms with Crippen LogP contribution in [0.25, 0.3) is 0 Å². The molecule has 0 spiro atoms. The molecule has 4 heteroatoms. The molecule has 1 aliphatic heterocycles.